The van der Waals surface area contributed by atoms with Gasteiger partial charge in [-0.2, -0.15) is 5.10 Å². The second-order valence-electron chi connectivity index (χ2n) is 15.9. The summed E-state index contributed by atoms with van der Waals surface area (Å²) in [5, 5.41) is 23.3. The van der Waals surface area contributed by atoms with E-state index in [0.717, 1.165) is 66.7 Å². The maximum absolute atomic E-state index is 13.7. The van der Waals surface area contributed by atoms with Gasteiger partial charge in [-0.3, -0.25) is 9.89 Å². The fourth-order valence-electron chi connectivity index (χ4n) is 5.97. The number of amides is 3. The van der Waals surface area contributed by atoms with Crippen LogP contribution in [0.4, 0.5) is 10.5 Å². The van der Waals surface area contributed by atoms with E-state index in [-0.39, 0.29) is 36.7 Å². The van der Waals surface area contributed by atoms with Crippen molar-refractivity contribution >= 4 is 33.8 Å². The maximum atomic E-state index is 13.7. The number of urea groups is 1. The molecule has 2 unspecified atom stereocenters. The second kappa shape index (κ2) is 18.5. The molecule has 0 bridgehead atoms. The van der Waals surface area contributed by atoms with E-state index in [1.54, 1.807) is 7.05 Å². The zero-order valence-corrected chi connectivity index (χ0v) is 33.1. The summed E-state index contributed by atoms with van der Waals surface area (Å²) < 4.78 is 12.7. The van der Waals surface area contributed by atoms with Crippen molar-refractivity contribution in [3.8, 4) is 11.1 Å². The quantitative estimate of drug-likeness (QED) is 0.117. The lowest BCUT2D eigenvalue weighted by molar-refractivity contribution is -0.119. The summed E-state index contributed by atoms with van der Waals surface area (Å²) in [7, 11) is -0.798. The highest BCUT2D eigenvalue weighted by Gasteiger charge is 2.32. The Morgan fingerprint density at radius 2 is 1.54 bits per heavy atom. The molecule has 4 N–H and O–H groups in total. The van der Waals surface area contributed by atoms with Gasteiger partial charge in [0.15, 0.2) is 0 Å². The van der Waals surface area contributed by atoms with Crippen LogP contribution in [-0.2, 0) is 14.3 Å². The summed E-state index contributed by atoms with van der Waals surface area (Å²) in [5.74, 6) is -0.133. The minimum Gasteiger partial charge on any atom is -0.396 e. The molecular formula is C36H63N5O5Si2. The summed E-state index contributed by atoms with van der Waals surface area (Å²) in [6.07, 6.45) is 5.17. The van der Waals surface area contributed by atoms with Crippen LogP contribution in [0.5, 0.6) is 0 Å². The Hall–Kier alpha value is -2.52. The molecule has 1 aliphatic carbocycles. The summed E-state index contributed by atoms with van der Waals surface area (Å²) >= 11 is 0. The summed E-state index contributed by atoms with van der Waals surface area (Å²) in [6, 6.07) is 9.07. The van der Waals surface area contributed by atoms with Gasteiger partial charge in [0.2, 0.25) is 5.91 Å². The molecule has 1 aliphatic rings. The van der Waals surface area contributed by atoms with E-state index < -0.39 is 22.2 Å². The number of benzene rings is 1. The Morgan fingerprint density at radius 3 is 2.10 bits per heavy atom. The number of aliphatic hydroxyl groups excluding tert-OH is 1. The lowest BCUT2D eigenvalue weighted by Crippen LogP contribution is -2.52. The summed E-state index contributed by atoms with van der Waals surface area (Å²) in [5.41, 5.74) is 4.38. The molecule has 10 nitrogen and oxygen atoms in total. The van der Waals surface area contributed by atoms with Gasteiger partial charge in [0.1, 0.15) is 6.04 Å². The predicted molar refractivity (Wildman–Crippen MR) is 201 cm³/mol. The van der Waals surface area contributed by atoms with Crippen molar-refractivity contribution in [3.63, 3.8) is 0 Å². The van der Waals surface area contributed by atoms with Crippen LogP contribution in [0.15, 0.2) is 24.3 Å². The highest BCUT2D eigenvalue weighted by molar-refractivity contribution is 6.76. The van der Waals surface area contributed by atoms with E-state index in [9.17, 15) is 14.7 Å². The van der Waals surface area contributed by atoms with Crippen LogP contribution >= 0.6 is 0 Å². The van der Waals surface area contributed by atoms with Crippen LogP contribution in [0, 0.1) is 5.92 Å². The molecule has 0 saturated heterocycles. The first-order chi connectivity index (χ1) is 22.6. The monoisotopic (exact) mass is 701 g/mol. The summed E-state index contributed by atoms with van der Waals surface area (Å²) in [4.78, 5) is 28.2. The van der Waals surface area contributed by atoms with Crippen LogP contribution in [0.2, 0.25) is 51.4 Å². The molecule has 1 aromatic heterocycles. The first-order valence-electron chi connectivity index (χ1n) is 17.9. The Labute approximate surface area is 291 Å². The van der Waals surface area contributed by atoms with Gasteiger partial charge in [-0.1, -0.05) is 70.7 Å². The third kappa shape index (κ3) is 12.7. The van der Waals surface area contributed by atoms with Crippen molar-refractivity contribution in [3.05, 3.63) is 35.7 Å². The predicted octanol–water partition coefficient (Wildman–Crippen LogP) is 7.82. The van der Waals surface area contributed by atoms with Crippen molar-refractivity contribution in [1.82, 2.24) is 20.4 Å². The number of aliphatic hydroxyl groups is 1. The van der Waals surface area contributed by atoms with E-state index in [4.69, 9.17) is 14.6 Å². The Bertz CT molecular complexity index is 1240. The number of anilines is 1. The van der Waals surface area contributed by atoms with Gasteiger partial charge in [-0.25, -0.2) is 4.79 Å². The number of hydrogen-bond donors (Lipinski definition) is 4. The van der Waals surface area contributed by atoms with Gasteiger partial charge in [0.05, 0.1) is 23.6 Å². The van der Waals surface area contributed by atoms with Crippen LogP contribution in [0.25, 0.3) is 11.1 Å². The standard InChI is InChI=1S/C36H63N5O5Si2/c1-26(45-22-24-47(4,5)6)32-31(33(40-39-32)27(2)46-23-25-48(7,8)9)28-16-18-30(19-17-28)37-35(43)34(29-14-11-10-12-15-29)38-36(44)41(3)20-13-21-42/h16-19,26-27,29,34,42H,10-15,20-25H2,1-9H3,(H,37,43)(H,38,44)(H,39,40)/t26?,27?,34-/m0/s1. The van der Waals surface area contributed by atoms with Gasteiger partial charge in [0, 0.05) is 60.8 Å². The van der Waals surface area contributed by atoms with Crippen LogP contribution in [-0.4, -0.2) is 87.7 Å². The molecule has 48 heavy (non-hydrogen) atoms. The SMILES string of the molecule is CC(OCC[Si](C)(C)C)c1n[nH]c(C(C)OCC[Si](C)(C)C)c1-c1ccc(NC(=O)[C@@H](NC(=O)N(C)CCCO)C2CCCCC2)cc1. The molecule has 2 aromatic rings. The number of hydrogen-bond acceptors (Lipinski definition) is 6. The van der Waals surface area contributed by atoms with Gasteiger partial charge in [0.25, 0.3) is 0 Å². The van der Waals surface area contributed by atoms with Gasteiger partial charge in [-0.15, -0.1) is 0 Å². The van der Waals surface area contributed by atoms with Crippen LogP contribution < -0.4 is 10.6 Å². The lowest BCUT2D eigenvalue weighted by atomic mass is 9.83. The Balaban J connectivity index is 1.83. The smallest absolute Gasteiger partial charge is 0.317 e. The number of nitrogens with zero attached hydrogens (tertiary/aromatic N) is 2. The van der Waals surface area contributed by atoms with Gasteiger partial charge in [-0.05, 0) is 68.8 Å². The fourth-order valence-corrected chi connectivity index (χ4v) is 7.43. The van der Waals surface area contributed by atoms with E-state index >= 15 is 0 Å². The van der Waals surface area contributed by atoms with Crippen molar-refractivity contribution in [2.24, 2.45) is 5.92 Å². The van der Waals surface area contributed by atoms with Gasteiger partial charge < -0.3 is 30.1 Å². The second-order valence-corrected chi connectivity index (χ2v) is 27.2. The lowest BCUT2D eigenvalue weighted by Gasteiger charge is -2.31. The van der Waals surface area contributed by atoms with Crippen LogP contribution in [0.3, 0.4) is 0 Å². The van der Waals surface area contributed by atoms with Gasteiger partial charge >= 0.3 is 6.03 Å². The molecule has 1 aromatic carbocycles. The minimum atomic E-state index is -1.24. The van der Waals surface area contributed by atoms with Crippen LogP contribution in [0.1, 0.15) is 76.0 Å². The number of nitrogens with one attached hydrogen (secondary N) is 3. The van der Waals surface area contributed by atoms with Crippen molar-refractivity contribution in [1.29, 1.82) is 0 Å². The normalized spacial score (nSPS) is 16.3. The molecule has 3 amide bonds. The Morgan fingerprint density at radius 1 is 0.958 bits per heavy atom. The van der Waals surface area contributed by atoms with Crippen molar-refractivity contribution in [2.75, 3.05) is 38.7 Å². The van der Waals surface area contributed by atoms with Crippen molar-refractivity contribution < 1.29 is 24.2 Å². The third-order valence-corrected chi connectivity index (χ3v) is 12.6. The highest BCUT2D eigenvalue weighted by atomic mass is 28.3. The number of rotatable bonds is 18. The molecule has 1 heterocycles. The molecule has 1 fully saturated rings. The number of H-pyrrole nitrogens is 1. The number of aromatic amines is 1. The molecule has 0 spiro atoms. The molecular weight excluding hydrogens is 639 g/mol. The third-order valence-electron chi connectivity index (χ3n) is 9.18. The molecule has 0 aliphatic heterocycles. The molecule has 0 radical (unpaired) electrons. The molecule has 1 saturated carbocycles. The van der Waals surface area contributed by atoms with E-state index in [1.165, 1.54) is 4.90 Å². The largest absolute Gasteiger partial charge is 0.396 e. The zero-order valence-electron chi connectivity index (χ0n) is 31.1. The first kappa shape index (κ1) is 39.9. The number of ether oxygens (including phenoxy) is 2. The topological polar surface area (TPSA) is 129 Å². The van der Waals surface area contributed by atoms with Crippen molar-refractivity contribution in [2.45, 2.75) is 122 Å². The fraction of sp³-hybridized carbons (Fsp3) is 0.694. The van der Waals surface area contributed by atoms with E-state index in [2.05, 4.69) is 68.9 Å². The Kier molecular flexibility index (Phi) is 15.4. The molecule has 3 atom stereocenters. The highest BCUT2D eigenvalue weighted by Crippen LogP contribution is 2.36. The number of aromatic nitrogens is 2. The zero-order chi connectivity index (χ0) is 35.5. The number of carbonyl (C=O) groups is 2. The molecule has 3 rings (SSSR count). The minimum absolute atomic E-state index is 0.0109. The first-order valence-corrected chi connectivity index (χ1v) is 25.4. The molecule has 12 heteroatoms. The average molecular weight is 702 g/mol. The summed E-state index contributed by atoms with van der Waals surface area (Å²) in [6.45, 7) is 20.1. The number of carbonyl (C=O) groups excluding carboxylic acids is 2. The van der Waals surface area contributed by atoms with E-state index in [1.807, 2.05) is 24.3 Å². The molecule has 270 valence electrons. The average Bonchev–Trinajstić information content (AvgIpc) is 3.47. The van der Waals surface area contributed by atoms with E-state index in [0.29, 0.717) is 31.9 Å². The maximum Gasteiger partial charge on any atom is 0.317 e.